The Morgan fingerprint density at radius 2 is 1.40 bits per heavy atom. The number of hydrogen-bond donors (Lipinski definition) is 0. The van der Waals surface area contributed by atoms with Crippen LogP contribution in [0.5, 0.6) is 0 Å². The topological polar surface area (TPSA) is 0 Å². The molecule has 0 heteroatoms. The van der Waals surface area contributed by atoms with Crippen molar-refractivity contribution in [1.82, 2.24) is 0 Å². The van der Waals surface area contributed by atoms with Crippen LogP contribution < -0.4 is 0 Å². The minimum absolute atomic E-state index is 0.865. The molecular weight excluding hydrogens is 120 g/mol. The smallest absolute Gasteiger partial charge is 0.0415 e. The Hall–Kier alpha value is 0. The molecule has 0 fully saturated rings. The van der Waals surface area contributed by atoms with Crippen LogP contribution in [0.15, 0.2) is 0 Å². The maximum atomic E-state index is 2.37. The SMILES string of the molecule is CCC(C)C(C)CC(C)C. The van der Waals surface area contributed by atoms with E-state index < -0.39 is 0 Å². The van der Waals surface area contributed by atoms with Crippen molar-refractivity contribution in [3.63, 3.8) is 0 Å². The first-order valence-electron chi connectivity index (χ1n) is 4.57. The lowest BCUT2D eigenvalue weighted by molar-refractivity contribution is 0.316. The molecule has 62 valence electrons. The van der Waals surface area contributed by atoms with E-state index in [1.54, 1.807) is 0 Å². The second-order valence-electron chi connectivity index (χ2n) is 3.99. The van der Waals surface area contributed by atoms with Crippen LogP contribution in [0.3, 0.4) is 0 Å². The molecule has 0 aromatic heterocycles. The summed E-state index contributed by atoms with van der Waals surface area (Å²) in [6.45, 7) is 11.6. The van der Waals surface area contributed by atoms with Gasteiger partial charge in [-0.15, -0.1) is 0 Å². The van der Waals surface area contributed by atoms with E-state index in [1.807, 2.05) is 0 Å². The Bertz CT molecular complexity index is 74.1. The molecule has 2 atom stereocenters. The standard InChI is InChI=1S/C10H22/c1-6-9(4)10(5)7-8(2)3/h8-10H,6-7H2,1-5H3. The quantitative estimate of drug-likeness (QED) is 0.561. The van der Waals surface area contributed by atoms with Gasteiger partial charge in [0.1, 0.15) is 0 Å². The third-order valence-corrected chi connectivity index (χ3v) is 2.46. The van der Waals surface area contributed by atoms with E-state index >= 15 is 0 Å². The van der Waals surface area contributed by atoms with Gasteiger partial charge in [-0.05, 0) is 24.2 Å². The van der Waals surface area contributed by atoms with Crippen LogP contribution in [-0.2, 0) is 0 Å². The van der Waals surface area contributed by atoms with Crippen molar-refractivity contribution in [3.8, 4) is 0 Å². The molecule has 0 bridgehead atoms. The van der Waals surface area contributed by atoms with Crippen LogP contribution in [0, 0.1) is 17.8 Å². The Labute approximate surface area is 66.0 Å². The predicted octanol–water partition coefficient (Wildman–Crippen LogP) is 3.71. The van der Waals surface area contributed by atoms with Gasteiger partial charge in [-0.1, -0.05) is 41.0 Å². The van der Waals surface area contributed by atoms with Crippen molar-refractivity contribution >= 4 is 0 Å². The van der Waals surface area contributed by atoms with E-state index in [2.05, 4.69) is 34.6 Å². The molecule has 0 saturated carbocycles. The van der Waals surface area contributed by atoms with E-state index in [1.165, 1.54) is 12.8 Å². The average molecular weight is 142 g/mol. The summed E-state index contributed by atoms with van der Waals surface area (Å²) in [6.07, 6.45) is 2.71. The number of rotatable bonds is 4. The second-order valence-corrected chi connectivity index (χ2v) is 3.99. The molecule has 0 aromatic carbocycles. The molecule has 2 unspecified atom stereocenters. The molecule has 0 rings (SSSR count). The van der Waals surface area contributed by atoms with Crippen LogP contribution in [-0.4, -0.2) is 0 Å². The molecule has 0 spiro atoms. The molecule has 0 aliphatic rings. The van der Waals surface area contributed by atoms with Crippen molar-refractivity contribution in [1.29, 1.82) is 0 Å². The second kappa shape index (κ2) is 4.76. The van der Waals surface area contributed by atoms with E-state index in [4.69, 9.17) is 0 Å². The van der Waals surface area contributed by atoms with Crippen LogP contribution in [0.1, 0.15) is 47.5 Å². The summed E-state index contributed by atoms with van der Waals surface area (Å²) >= 11 is 0. The van der Waals surface area contributed by atoms with Crippen molar-refractivity contribution in [3.05, 3.63) is 0 Å². The third kappa shape index (κ3) is 3.92. The molecule has 0 saturated heterocycles. The first kappa shape index (κ1) is 10.0. The maximum Gasteiger partial charge on any atom is -0.0415 e. The summed E-state index contributed by atoms with van der Waals surface area (Å²) in [6, 6.07) is 0. The highest BCUT2D eigenvalue weighted by Gasteiger charge is 2.10. The predicted molar refractivity (Wildman–Crippen MR) is 48.1 cm³/mol. The normalized spacial score (nSPS) is 17.4. The Kier molecular flexibility index (Phi) is 4.76. The molecule has 10 heavy (non-hydrogen) atoms. The van der Waals surface area contributed by atoms with Crippen molar-refractivity contribution in [2.75, 3.05) is 0 Å². The molecule has 0 amide bonds. The molecule has 0 radical (unpaired) electrons. The van der Waals surface area contributed by atoms with Crippen LogP contribution >= 0.6 is 0 Å². The van der Waals surface area contributed by atoms with E-state index in [0.29, 0.717) is 0 Å². The summed E-state index contributed by atoms with van der Waals surface area (Å²) in [5.41, 5.74) is 0. The third-order valence-electron chi connectivity index (χ3n) is 2.46. The zero-order valence-electron chi connectivity index (χ0n) is 8.15. The largest absolute Gasteiger partial charge is 0.0651 e. The Morgan fingerprint density at radius 3 is 1.70 bits per heavy atom. The monoisotopic (exact) mass is 142 g/mol. The van der Waals surface area contributed by atoms with Crippen LogP contribution in [0.25, 0.3) is 0 Å². The van der Waals surface area contributed by atoms with Crippen LogP contribution in [0.2, 0.25) is 0 Å². The Morgan fingerprint density at radius 1 is 0.900 bits per heavy atom. The summed E-state index contributed by atoms with van der Waals surface area (Å²) in [5, 5.41) is 0. The highest BCUT2D eigenvalue weighted by molar-refractivity contribution is 4.61. The molecule has 0 nitrogen and oxygen atoms in total. The van der Waals surface area contributed by atoms with Gasteiger partial charge < -0.3 is 0 Å². The minimum Gasteiger partial charge on any atom is -0.0651 e. The lowest BCUT2D eigenvalue weighted by Gasteiger charge is -2.19. The van der Waals surface area contributed by atoms with Gasteiger partial charge in [-0.3, -0.25) is 0 Å². The number of hydrogen-bond acceptors (Lipinski definition) is 0. The van der Waals surface area contributed by atoms with Crippen LogP contribution in [0.4, 0.5) is 0 Å². The lowest BCUT2D eigenvalue weighted by atomic mass is 9.87. The van der Waals surface area contributed by atoms with Crippen molar-refractivity contribution < 1.29 is 0 Å². The summed E-state index contributed by atoms with van der Waals surface area (Å²) in [7, 11) is 0. The van der Waals surface area contributed by atoms with Crippen molar-refractivity contribution in [2.24, 2.45) is 17.8 Å². The van der Waals surface area contributed by atoms with E-state index in [9.17, 15) is 0 Å². The van der Waals surface area contributed by atoms with Gasteiger partial charge in [-0.25, -0.2) is 0 Å². The highest BCUT2D eigenvalue weighted by atomic mass is 14.2. The average Bonchev–Trinajstić information content (AvgIpc) is 1.85. The zero-order chi connectivity index (χ0) is 8.15. The van der Waals surface area contributed by atoms with E-state index in [-0.39, 0.29) is 0 Å². The summed E-state index contributed by atoms with van der Waals surface area (Å²) in [4.78, 5) is 0. The zero-order valence-corrected chi connectivity index (χ0v) is 8.15. The molecule has 0 aliphatic heterocycles. The van der Waals surface area contributed by atoms with Gasteiger partial charge >= 0.3 is 0 Å². The van der Waals surface area contributed by atoms with E-state index in [0.717, 1.165) is 17.8 Å². The van der Waals surface area contributed by atoms with Gasteiger partial charge in [0.05, 0.1) is 0 Å². The molecule has 0 aliphatic carbocycles. The maximum absolute atomic E-state index is 2.37. The summed E-state index contributed by atoms with van der Waals surface area (Å²) in [5.74, 6) is 2.68. The molecular formula is C10H22. The summed E-state index contributed by atoms with van der Waals surface area (Å²) < 4.78 is 0. The van der Waals surface area contributed by atoms with Gasteiger partial charge in [0.15, 0.2) is 0 Å². The van der Waals surface area contributed by atoms with Gasteiger partial charge in [0.25, 0.3) is 0 Å². The van der Waals surface area contributed by atoms with Crippen molar-refractivity contribution in [2.45, 2.75) is 47.5 Å². The first-order chi connectivity index (χ1) is 4.57. The molecule has 0 heterocycles. The first-order valence-corrected chi connectivity index (χ1v) is 4.57. The molecule has 0 aromatic rings. The molecule has 0 N–H and O–H groups in total. The van der Waals surface area contributed by atoms with Gasteiger partial charge in [0, 0.05) is 0 Å². The van der Waals surface area contributed by atoms with Gasteiger partial charge in [-0.2, -0.15) is 0 Å². The minimum atomic E-state index is 0.865. The fourth-order valence-electron chi connectivity index (χ4n) is 1.38. The lowest BCUT2D eigenvalue weighted by Crippen LogP contribution is -2.09. The fourth-order valence-corrected chi connectivity index (χ4v) is 1.38. The highest BCUT2D eigenvalue weighted by Crippen LogP contribution is 2.21. The Balaban J connectivity index is 3.50. The fraction of sp³-hybridized carbons (Fsp3) is 1.00. The van der Waals surface area contributed by atoms with Gasteiger partial charge in [0.2, 0.25) is 0 Å².